The van der Waals surface area contributed by atoms with E-state index in [0.29, 0.717) is 0 Å². The molecule has 1 unspecified atom stereocenters. The molecule has 0 aromatic rings. The second kappa shape index (κ2) is 9.87. The number of nitrogens with two attached hydrogens (primary N) is 1. The number of carbonyl (C=O) groups excluding carboxylic acids is 3. The molecule has 0 aliphatic rings. The molecule has 0 saturated carbocycles. The van der Waals surface area contributed by atoms with Crippen LogP contribution in [-0.4, -0.2) is 54.3 Å². The van der Waals surface area contributed by atoms with Crippen molar-refractivity contribution in [3.8, 4) is 0 Å². The molecule has 0 aliphatic carbocycles. The Morgan fingerprint density at radius 3 is 2.00 bits per heavy atom. The molecule has 0 fully saturated rings. The summed E-state index contributed by atoms with van der Waals surface area (Å²) in [5, 5.41) is 2.55. The van der Waals surface area contributed by atoms with Gasteiger partial charge in [-0.2, -0.15) is 0 Å². The molecular weight excluding hydrogens is 340 g/mol. The second-order valence-electron chi connectivity index (χ2n) is 8.18. The zero-order valence-electron chi connectivity index (χ0n) is 17.2. The number of nitrogens with one attached hydrogen (secondary N) is 1. The normalized spacial score (nSPS) is 15.6. The SMILES string of the molecule is COC(=O)[C@@H](NC(=O)[C@@H](N)CCC(=O)OC(C)(C)C)C(C)OC(C)(C)C. The van der Waals surface area contributed by atoms with Crippen LogP contribution in [-0.2, 0) is 28.6 Å². The fourth-order valence-corrected chi connectivity index (χ4v) is 2.18. The minimum absolute atomic E-state index is 0.00277. The fraction of sp³-hybridized carbons (Fsp3) is 0.833. The molecule has 26 heavy (non-hydrogen) atoms. The molecule has 3 N–H and O–H groups in total. The first-order chi connectivity index (χ1) is 11.7. The highest BCUT2D eigenvalue weighted by molar-refractivity contribution is 5.88. The summed E-state index contributed by atoms with van der Waals surface area (Å²) in [6.07, 6.45) is -0.518. The Kier molecular flexibility index (Phi) is 9.24. The lowest BCUT2D eigenvalue weighted by Crippen LogP contribution is -2.54. The van der Waals surface area contributed by atoms with Crippen LogP contribution in [0, 0.1) is 0 Å². The second-order valence-corrected chi connectivity index (χ2v) is 8.18. The van der Waals surface area contributed by atoms with E-state index >= 15 is 0 Å². The first-order valence-corrected chi connectivity index (χ1v) is 8.69. The highest BCUT2D eigenvalue weighted by atomic mass is 16.6. The predicted octanol–water partition coefficient (Wildman–Crippen LogP) is 1.30. The van der Waals surface area contributed by atoms with Crippen molar-refractivity contribution in [2.45, 2.75) is 90.7 Å². The summed E-state index contributed by atoms with van der Waals surface area (Å²) in [5.74, 6) is -1.63. The molecule has 0 aromatic carbocycles. The quantitative estimate of drug-likeness (QED) is 0.615. The molecule has 3 atom stereocenters. The van der Waals surface area contributed by atoms with E-state index in [2.05, 4.69) is 5.32 Å². The van der Waals surface area contributed by atoms with E-state index in [1.54, 1.807) is 27.7 Å². The number of rotatable bonds is 8. The van der Waals surface area contributed by atoms with Crippen LogP contribution in [0.5, 0.6) is 0 Å². The summed E-state index contributed by atoms with van der Waals surface area (Å²) in [5.41, 5.74) is 4.73. The van der Waals surface area contributed by atoms with Crippen molar-refractivity contribution in [2.75, 3.05) is 7.11 Å². The molecule has 0 heterocycles. The Balaban J connectivity index is 4.78. The van der Waals surface area contributed by atoms with E-state index in [1.165, 1.54) is 7.11 Å². The third-order valence-corrected chi connectivity index (χ3v) is 3.18. The lowest BCUT2D eigenvalue weighted by molar-refractivity contribution is -0.156. The molecule has 8 heteroatoms. The molecule has 0 spiro atoms. The zero-order valence-corrected chi connectivity index (χ0v) is 17.2. The van der Waals surface area contributed by atoms with Gasteiger partial charge in [-0.3, -0.25) is 9.59 Å². The molecule has 0 aliphatic heterocycles. The lowest BCUT2D eigenvalue weighted by Gasteiger charge is -2.30. The summed E-state index contributed by atoms with van der Waals surface area (Å²) >= 11 is 0. The van der Waals surface area contributed by atoms with Gasteiger partial charge in [-0.25, -0.2) is 4.79 Å². The summed E-state index contributed by atoms with van der Waals surface area (Å²) < 4.78 is 15.6. The summed E-state index contributed by atoms with van der Waals surface area (Å²) in [6.45, 7) is 12.5. The van der Waals surface area contributed by atoms with Gasteiger partial charge < -0.3 is 25.3 Å². The van der Waals surface area contributed by atoms with Gasteiger partial charge in [-0.05, 0) is 54.9 Å². The van der Waals surface area contributed by atoms with Gasteiger partial charge in [0.05, 0.1) is 24.9 Å². The Morgan fingerprint density at radius 2 is 1.58 bits per heavy atom. The van der Waals surface area contributed by atoms with E-state index in [0.717, 1.165) is 0 Å². The minimum Gasteiger partial charge on any atom is -0.467 e. The van der Waals surface area contributed by atoms with Crippen molar-refractivity contribution < 1.29 is 28.6 Å². The van der Waals surface area contributed by atoms with Crippen LogP contribution in [0.25, 0.3) is 0 Å². The molecule has 152 valence electrons. The molecule has 8 nitrogen and oxygen atoms in total. The lowest BCUT2D eigenvalue weighted by atomic mass is 10.1. The topological polar surface area (TPSA) is 117 Å². The van der Waals surface area contributed by atoms with Crippen molar-refractivity contribution in [3.05, 3.63) is 0 Å². The van der Waals surface area contributed by atoms with Crippen molar-refractivity contribution in [3.63, 3.8) is 0 Å². The Hall–Kier alpha value is -1.67. The number of amides is 1. The Labute approximate surface area is 156 Å². The van der Waals surface area contributed by atoms with Crippen LogP contribution < -0.4 is 11.1 Å². The number of hydrogen-bond acceptors (Lipinski definition) is 7. The van der Waals surface area contributed by atoms with Gasteiger partial charge in [0.15, 0.2) is 6.04 Å². The molecular formula is C18H34N2O6. The summed E-state index contributed by atoms with van der Waals surface area (Å²) in [6, 6.07) is -1.96. The van der Waals surface area contributed by atoms with E-state index < -0.39 is 47.2 Å². The predicted molar refractivity (Wildman–Crippen MR) is 97.3 cm³/mol. The third-order valence-electron chi connectivity index (χ3n) is 3.18. The molecule has 0 rings (SSSR count). The van der Waals surface area contributed by atoms with Gasteiger partial charge in [-0.1, -0.05) is 0 Å². The highest BCUT2D eigenvalue weighted by Crippen LogP contribution is 2.14. The zero-order chi connectivity index (χ0) is 20.7. The molecule has 0 bridgehead atoms. The van der Waals surface area contributed by atoms with Crippen LogP contribution in [0.1, 0.15) is 61.3 Å². The summed E-state index contributed by atoms with van der Waals surface area (Å²) in [4.78, 5) is 36.0. The maximum Gasteiger partial charge on any atom is 0.331 e. The average Bonchev–Trinajstić information content (AvgIpc) is 2.45. The first-order valence-electron chi connectivity index (χ1n) is 8.69. The van der Waals surface area contributed by atoms with Crippen LogP contribution >= 0.6 is 0 Å². The molecule has 1 amide bonds. The van der Waals surface area contributed by atoms with E-state index in [-0.39, 0.29) is 12.8 Å². The van der Waals surface area contributed by atoms with Gasteiger partial charge in [0, 0.05) is 6.42 Å². The number of ether oxygens (including phenoxy) is 3. The van der Waals surface area contributed by atoms with Crippen molar-refractivity contribution in [1.82, 2.24) is 5.32 Å². The number of methoxy groups -OCH3 is 1. The van der Waals surface area contributed by atoms with Gasteiger partial charge >= 0.3 is 11.9 Å². The molecule has 0 saturated heterocycles. The van der Waals surface area contributed by atoms with Crippen LogP contribution in [0.3, 0.4) is 0 Å². The molecule has 0 aromatic heterocycles. The minimum atomic E-state index is -1.00. The van der Waals surface area contributed by atoms with E-state index in [1.807, 2.05) is 20.8 Å². The van der Waals surface area contributed by atoms with Gasteiger partial charge in [0.25, 0.3) is 0 Å². The number of esters is 2. The van der Waals surface area contributed by atoms with Gasteiger partial charge in [0.1, 0.15) is 5.60 Å². The van der Waals surface area contributed by atoms with Gasteiger partial charge in [-0.15, -0.1) is 0 Å². The maximum atomic E-state index is 12.3. The summed E-state index contributed by atoms with van der Waals surface area (Å²) in [7, 11) is 1.23. The van der Waals surface area contributed by atoms with E-state index in [9.17, 15) is 14.4 Å². The van der Waals surface area contributed by atoms with Crippen molar-refractivity contribution in [2.24, 2.45) is 5.73 Å². The van der Waals surface area contributed by atoms with Gasteiger partial charge in [0.2, 0.25) is 5.91 Å². The van der Waals surface area contributed by atoms with Crippen LogP contribution in [0.15, 0.2) is 0 Å². The first kappa shape index (κ1) is 24.3. The smallest absolute Gasteiger partial charge is 0.331 e. The monoisotopic (exact) mass is 374 g/mol. The van der Waals surface area contributed by atoms with E-state index in [4.69, 9.17) is 19.9 Å². The fourth-order valence-electron chi connectivity index (χ4n) is 2.18. The standard InChI is InChI=1S/C18H34N2O6/c1-11(25-17(2,3)4)14(16(23)24-8)20-15(22)12(19)9-10-13(21)26-18(5,6)7/h11-12,14H,9-10,19H2,1-8H3,(H,20,22)/t11?,12-,14-/m0/s1. The maximum absolute atomic E-state index is 12.3. The largest absolute Gasteiger partial charge is 0.467 e. The third kappa shape index (κ3) is 10.4. The van der Waals surface area contributed by atoms with Crippen LogP contribution in [0.4, 0.5) is 0 Å². The average molecular weight is 374 g/mol. The van der Waals surface area contributed by atoms with Crippen molar-refractivity contribution in [1.29, 1.82) is 0 Å². The van der Waals surface area contributed by atoms with Crippen LogP contribution in [0.2, 0.25) is 0 Å². The Morgan fingerprint density at radius 1 is 1.04 bits per heavy atom. The Bertz CT molecular complexity index is 493. The number of carbonyl (C=O) groups is 3. The number of hydrogen-bond donors (Lipinski definition) is 2. The van der Waals surface area contributed by atoms with Crippen molar-refractivity contribution >= 4 is 17.8 Å². The molecule has 0 radical (unpaired) electrons. The highest BCUT2D eigenvalue weighted by Gasteiger charge is 2.32.